The molecule has 1 fully saturated rings. The van der Waals surface area contributed by atoms with Gasteiger partial charge >= 0.3 is 0 Å². The zero-order chi connectivity index (χ0) is 14.8. The highest BCUT2D eigenvalue weighted by Gasteiger charge is 2.37. The van der Waals surface area contributed by atoms with E-state index in [1.54, 1.807) is 0 Å². The van der Waals surface area contributed by atoms with Gasteiger partial charge in [-0.1, -0.05) is 37.0 Å². The van der Waals surface area contributed by atoms with Crippen LogP contribution in [-0.4, -0.2) is 12.3 Å². The monoisotopic (exact) mass is 273 g/mol. The second-order valence-electron chi connectivity index (χ2n) is 6.52. The molecular weight excluding hydrogens is 246 g/mol. The molecule has 0 spiro atoms. The van der Waals surface area contributed by atoms with Crippen LogP contribution in [0.5, 0.6) is 0 Å². The molecule has 1 aliphatic rings. The van der Waals surface area contributed by atoms with E-state index in [4.69, 9.17) is 5.73 Å². The van der Waals surface area contributed by atoms with E-state index in [0.717, 1.165) is 25.7 Å². The van der Waals surface area contributed by atoms with Crippen LogP contribution >= 0.6 is 0 Å². The van der Waals surface area contributed by atoms with Gasteiger partial charge in [0.05, 0.1) is 0 Å². The van der Waals surface area contributed by atoms with Gasteiger partial charge in [-0.15, -0.1) is 0 Å². The molecule has 0 bridgehead atoms. The van der Waals surface area contributed by atoms with Gasteiger partial charge < -0.3 is 5.73 Å². The number of rotatable bonds is 4. The van der Waals surface area contributed by atoms with Gasteiger partial charge in [0.25, 0.3) is 0 Å². The Labute approximate surface area is 122 Å². The van der Waals surface area contributed by atoms with Gasteiger partial charge in [-0.25, -0.2) is 0 Å². The molecule has 2 rings (SSSR count). The first-order valence-electron chi connectivity index (χ1n) is 7.78. The summed E-state index contributed by atoms with van der Waals surface area (Å²) >= 11 is 0. The molecule has 0 atom stereocenters. The molecule has 0 radical (unpaired) electrons. The number of ketones is 1. The molecule has 0 unspecified atom stereocenters. The van der Waals surface area contributed by atoms with Gasteiger partial charge in [0.1, 0.15) is 5.78 Å². The number of Topliss-reactive ketones (excluding diaryl/α,β-unsaturated/α-hetero) is 1. The molecule has 0 aliphatic heterocycles. The predicted octanol–water partition coefficient (Wildman–Crippen LogP) is 3.63. The molecule has 1 saturated carbocycles. The summed E-state index contributed by atoms with van der Waals surface area (Å²) in [5.41, 5.74) is 10.7. The number of carbonyl (C=O) groups is 1. The van der Waals surface area contributed by atoms with Crippen LogP contribution in [0.25, 0.3) is 0 Å². The third-order valence-electron chi connectivity index (χ3n) is 4.97. The van der Waals surface area contributed by atoms with E-state index in [9.17, 15) is 4.79 Å². The van der Waals surface area contributed by atoms with Crippen LogP contribution in [0.1, 0.15) is 54.4 Å². The van der Waals surface area contributed by atoms with Crippen LogP contribution in [0.2, 0.25) is 0 Å². The van der Waals surface area contributed by atoms with Gasteiger partial charge in [-0.05, 0) is 50.3 Å². The first kappa shape index (κ1) is 15.2. The Kier molecular flexibility index (Phi) is 4.64. The lowest BCUT2D eigenvalue weighted by Gasteiger charge is -2.35. The Morgan fingerprint density at radius 1 is 1.10 bits per heavy atom. The minimum Gasteiger partial charge on any atom is -0.329 e. The smallest absolute Gasteiger partial charge is 0.144 e. The Bertz CT molecular complexity index is 475. The van der Waals surface area contributed by atoms with Gasteiger partial charge in [-0.3, -0.25) is 4.79 Å². The largest absolute Gasteiger partial charge is 0.329 e. The third kappa shape index (κ3) is 2.95. The molecule has 1 aromatic carbocycles. The zero-order valence-electron chi connectivity index (χ0n) is 13.1. The summed E-state index contributed by atoms with van der Waals surface area (Å²) in [5.74, 6) is 0.356. The highest BCUT2D eigenvalue weighted by Crippen LogP contribution is 2.37. The van der Waals surface area contributed by atoms with Crippen LogP contribution in [0.4, 0.5) is 0 Å². The topological polar surface area (TPSA) is 43.1 Å². The zero-order valence-corrected chi connectivity index (χ0v) is 13.1. The van der Waals surface area contributed by atoms with E-state index in [1.807, 2.05) is 0 Å². The third-order valence-corrected chi connectivity index (χ3v) is 4.97. The van der Waals surface area contributed by atoms with Crippen molar-refractivity contribution in [1.82, 2.24) is 0 Å². The molecule has 0 saturated heterocycles. The van der Waals surface area contributed by atoms with E-state index < -0.39 is 0 Å². The summed E-state index contributed by atoms with van der Waals surface area (Å²) in [4.78, 5) is 12.8. The van der Waals surface area contributed by atoms with E-state index in [0.29, 0.717) is 18.7 Å². The van der Waals surface area contributed by atoms with E-state index in [-0.39, 0.29) is 5.41 Å². The van der Waals surface area contributed by atoms with Crippen molar-refractivity contribution in [3.8, 4) is 0 Å². The molecule has 2 nitrogen and oxygen atoms in total. The van der Waals surface area contributed by atoms with Crippen molar-refractivity contribution in [3.63, 3.8) is 0 Å². The maximum atomic E-state index is 12.8. The fourth-order valence-corrected chi connectivity index (χ4v) is 3.66. The first-order valence-corrected chi connectivity index (χ1v) is 7.78. The molecule has 0 amide bonds. The number of hydrogen-bond donors (Lipinski definition) is 1. The average Bonchev–Trinajstić information content (AvgIpc) is 2.43. The van der Waals surface area contributed by atoms with E-state index in [1.165, 1.54) is 28.7 Å². The molecule has 2 heteroatoms. The number of hydrogen-bond acceptors (Lipinski definition) is 2. The van der Waals surface area contributed by atoms with Crippen LogP contribution in [-0.2, 0) is 11.2 Å². The van der Waals surface area contributed by atoms with Gasteiger partial charge in [0, 0.05) is 18.4 Å². The molecular formula is C18H27NO. The van der Waals surface area contributed by atoms with Crippen molar-refractivity contribution in [1.29, 1.82) is 0 Å². The van der Waals surface area contributed by atoms with Crippen molar-refractivity contribution in [2.24, 2.45) is 11.1 Å². The quantitative estimate of drug-likeness (QED) is 0.910. The van der Waals surface area contributed by atoms with E-state index in [2.05, 4.69) is 32.9 Å². The minimum atomic E-state index is -0.248. The van der Waals surface area contributed by atoms with Gasteiger partial charge in [0.15, 0.2) is 0 Å². The van der Waals surface area contributed by atoms with Crippen LogP contribution in [0.3, 0.4) is 0 Å². The molecule has 1 aliphatic carbocycles. The highest BCUT2D eigenvalue weighted by atomic mass is 16.1. The fourth-order valence-electron chi connectivity index (χ4n) is 3.66. The van der Waals surface area contributed by atoms with Crippen molar-refractivity contribution < 1.29 is 4.79 Å². The summed E-state index contributed by atoms with van der Waals surface area (Å²) < 4.78 is 0. The molecule has 110 valence electrons. The summed E-state index contributed by atoms with van der Waals surface area (Å²) in [5, 5.41) is 0. The minimum absolute atomic E-state index is 0.248. The fraction of sp³-hybridized carbons (Fsp3) is 0.611. The standard InChI is InChI=1S/C18H27NO/c1-13-9-14(2)16(15(3)10-13)11-17(20)18(12-19)7-5-4-6-8-18/h9-10H,4-8,11-12,19H2,1-3H3. The predicted molar refractivity (Wildman–Crippen MR) is 83.9 cm³/mol. The summed E-state index contributed by atoms with van der Waals surface area (Å²) in [6, 6.07) is 4.34. The summed E-state index contributed by atoms with van der Waals surface area (Å²) in [6.07, 6.45) is 6.05. The average molecular weight is 273 g/mol. The van der Waals surface area contributed by atoms with Gasteiger partial charge in [0.2, 0.25) is 0 Å². The molecule has 20 heavy (non-hydrogen) atoms. The number of aryl methyl sites for hydroxylation is 3. The lowest BCUT2D eigenvalue weighted by Crippen LogP contribution is -2.41. The lowest BCUT2D eigenvalue weighted by atomic mass is 9.69. The Hall–Kier alpha value is -1.15. The second-order valence-corrected chi connectivity index (χ2v) is 6.52. The maximum absolute atomic E-state index is 12.8. The second kappa shape index (κ2) is 6.09. The Morgan fingerprint density at radius 2 is 1.65 bits per heavy atom. The van der Waals surface area contributed by atoms with Crippen LogP contribution in [0, 0.1) is 26.2 Å². The SMILES string of the molecule is Cc1cc(C)c(CC(=O)C2(CN)CCCCC2)c(C)c1. The van der Waals surface area contributed by atoms with E-state index >= 15 is 0 Å². The van der Waals surface area contributed by atoms with Crippen LogP contribution in [0.15, 0.2) is 12.1 Å². The Morgan fingerprint density at radius 3 is 2.15 bits per heavy atom. The normalized spacial score (nSPS) is 18.0. The molecule has 0 heterocycles. The lowest BCUT2D eigenvalue weighted by molar-refractivity contribution is -0.129. The van der Waals surface area contributed by atoms with Crippen molar-refractivity contribution in [2.75, 3.05) is 6.54 Å². The number of benzene rings is 1. The molecule has 1 aromatic rings. The van der Waals surface area contributed by atoms with Crippen molar-refractivity contribution >= 4 is 5.78 Å². The van der Waals surface area contributed by atoms with Crippen molar-refractivity contribution in [2.45, 2.75) is 59.3 Å². The summed E-state index contributed by atoms with van der Waals surface area (Å²) in [7, 11) is 0. The molecule has 0 aromatic heterocycles. The summed E-state index contributed by atoms with van der Waals surface area (Å²) in [6.45, 7) is 6.83. The number of carbonyl (C=O) groups excluding carboxylic acids is 1. The first-order chi connectivity index (χ1) is 9.48. The van der Waals surface area contributed by atoms with Gasteiger partial charge in [-0.2, -0.15) is 0 Å². The number of nitrogens with two attached hydrogens (primary N) is 1. The Balaban J connectivity index is 2.23. The maximum Gasteiger partial charge on any atom is 0.144 e. The highest BCUT2D eigenvalue weighted by molar-refractivity contribution is 5.87. The molecule has 2 N–H and O–H groups in total. The van der Waals surface area contributed by atoms with Crippen molar-refractivity contribution in [3.05, 3.63) is 34.4 Å². The van der Waals surface area contributed by atoms with Crippen LogP contribution < -0.4 is 5.73 Å².